The van der Waals surface area contributed by atoms with E-state index in [0.717, 1.165) is 11.2 Å². The lowest BCUT2D eigenvalue weighted by Gasteiger charge is -2.13. The number of nitrogens with one attached hydrogen (secondary N) is 1. The molecule has 7 nitrogen and oxygen atoms in total. The molecule has 0 atom stereocenters. The number of para-hydroxylation sites is 4. The minimum absolute atomic E-state index is 0.149. The van der Waals surface area contributed by atoms with Gasteiger partial charge in [0.15, 0.2) is 10.8 Å². The molecule has 1 N–H and O–H groups in total. The van der Waals surface area contributed by atoms with Crippen molar-refractivity contribution < 1.29 is 14.3 Å². The van der Waals surface area contributed by atoms with E-state index in [1.165, 1.54) is 11.8 Å². The molecule has 1 amide bonds. The van der Waals surface area contributed by atoms with Crippen LogP contribution in [-0.2, 0) is 4.79 Å². The minimum Gasteiger partial charge on any atom is -0.495 e. The molecule has 0 fully saturated rings. The smallest absolute Gasteiger partial charge is 0.234 e. The standard InChI is InChI=1S/C23H22N4O3S/c1-3-30-19-12-6-4-9-16(19)25-21(28)15-31-23-26-17-10-8-14-24-22(17)27(23)18-11-5-7-13-20(18)29-2/h4-14H,3,15H2,1-2H3,(H,25,28). The molecule has 0 aliphatic rings. The zero-order valence-electron chi connectivity index (χ0n) is 17.2. The van der Waals surface area contributed by atoms with Crippen molar-refractivity contribution in [1.82, 2.24) is 14.5 Å². The Hall–Kier alpha value is -3.52. The van der Waals surface area contributed by atoms with Gasteiger partial charge in [0.2, 0.25) is 5.91 Å². The molecular weight excluding hydrogens is 412 g/mol. The van der Waals surface area contributed by atoms with Crippen molar-refractivity contribution in [3.05, 3.63) is 66.9 Å². The molecule has 0 aliphatic heterocycles. The van der Waals surface area contributed by atoms with Crippen molar-refractivity contribution in [1.29, 1.82) is 0 Å². The number of carbonyl (C=O) groups excluding carboxylic acids is 1. The first-order valence-corrected chi connectivity index (χ1v) is 10.8. The van der Waals surface area contributed by atoms with Gasteiger partial charge in [-0.3, -0.25) is 9.36 Å². The number of hydrogen-bond acceptors (Lipinski definition) is 6. The lowest BCUT2D eigenvalue weighted by atomic mass is 10.3. The maximum Gasteiger partial charge on any atom is 0.234 e. The number of pyridine rings is 1. The van der Waals surface area contributed by atoms with Crippen molar-refractivity contribution in [2.75, 3.05) is 24.8 Å². The van der Waals surface area contributed by atoms with E-state index in [2.05, 4.69) is 10.3 Å². The number of methoxy groups -OCH3 is 1. The number of fused-ring (bicyclic) bond motifs is 1. The number of anilines is 1. The van der Waals surface area contributed by atoms with Crippen molar-refractivity contribution >= 4 is 34.5 Å². The summed E-state index contributed by atoms with van der Waals surface area (Å²) in [7, 11) is 1.63. The number of ether oxygens (including phenoxy) is 2. The average Bonchev–Trinajstić information content (AvgIpc) is 3.17. The molecule has 2 heterocycles. The molecule has 4 rings (SSSR count). The third-order valence-electron chi connectivity index (χ3n) is 4.50. The number of carbonyl (C=O) groups is 1. The molecule has 158 valence electrons. The molecule has 0 saturated carbocycles. The molecule has 8 heteroatoms. The summed E-state index contributed by atoms with van der Waals surface area (Å²) >= 11 is 1.34. The highest BCUT2D eigenvalue weighted by molar-refractivity contribution is 7.99. The quantitative estimate of drug-likeness (QED) is 0.410. The Morgan fingerprint density at radius 3 is 2.65 bits per heavy atom. The summed E-state index contributed by atoms with van der Waals surface area (Å²) in [5.74, 6) is 1.38. The Labute approximate surface area is 184 Å². The van der Waals surface area contributed by atoms with E-state index in [1.54, 1.807) is 13.3 Å². The van der Waals surface area contributed by atoms with Crippen LogP contribution in [0.4, 0.5) is 5.69 Å². The van der Waals surface area contributed by atoms with Gasteiger partial charge in [-0.1, -0.05) is 36.0 Å². The molecule has 0 unspecified atom stereocenters. The predicted octanol–water partition coefficient (Wildman–Crippen LogP) is 4.56. The van der Waals surface area contributed by atoms with E-state index >= 15 is 0 Å². The molecule has 31 heavy (non-hydrogen) atoms. The van der Waals surface area contributed by atoms with E-state index in [0.29, 0.717) is 34.6 Å². The van der Waals surface area contributed by atoms with Crippen LogP contribution in [0.2, 0.25) is 0 Å². The first-order chi connectivity index (χ1) is 15.2. The van der Waals surface area contributed by atoms with Gasteiger partial charge >= 0.3 is 0 Å². The topological polar surface area (TPSA) is 78.3 Å². The Morgan fingerprint density at radius 1 is 1.06 bits per heavy atom. The fourth-order valence-electron chi connectivity index (χ4n) is 3.19. The molecule has 0 bridgehead atoms. The highest BCUT2D eigenvalue weighted by Crippen LogP contribution is 2.32. The Kier molecular flexibility index (Phi) is 6.37. The van der Waals surface area contributed by atoms with Crippen LogP contribution in [0.1, 0.15) is 6.92 Å². The third-order valence-corrected chi connectivity index (χ3v) is 5.44. The van der Waals surface area contributed by atoms with Crippen molar-refractivity contribution in [2.24, 2.45) is 0 Å². The van der Waals surface area contributed by atoms with Crippen LogP contribution in [-0.4, -0.2) is 39.9 Å². The van der Waals surface area contributed by atoms with Gasteiger partial charge in [-0.2, -0.15) is 0 Å². The zero-order valence-corrected chi connectivity index (χ0v) is 18.1. The van der Waals surface area contributed by atoms with Crippen molar-refractivity contribution in [2.45, 2.75) is 12.1 Å². The fraction of sp³-hybridized carbons (Fsp3) is 0.174. The summed E-state index contributed by atoms with van der Waals surface area (Å²) in [6.45, 7) is 2.43. The molecular formula is C23H22N4O3S. The number of amides is 1. The fourth-order valence-corrected chi connectivity index (χ4v) is 4.00. The highest BCUT2D eigenvalue weighted by Gasteiger charge is 2.18. The second kappa shape index (κ2) is 9.53. The maximum absolute atomic E-state index is 12.7. The van der Waals surface area contributed by atoms with Gasteiger partial charge in [0.05, 0.1) is 30.8 Å². The summed E-state index contributed by atoms with van der Waals surface area (Å²) in [4.78, 5) is 21.9. The Balaban J connectivity index is 1.60. The molecule has 2 aromatic carbocycles. The van der Waals surface area contributed by atoms with Crippen LogP contribution in [0.5, 0.6) is 11.5 Å². The van der Waals surface area contributed by atoms with Gasteiger partial charge in [0.25, 0.3) is 0 Å². The van der Waals surface area contributed by atoms with Gasteiger partial charge in [-0.15, -0.1) is 0 Å². The summed E-state index contributed by atoms with van der Waals surface area (Å²) in [6.07, 6.45) is 1.72. The molecule has 4 aromatic rings. The van der Waals surface area contributed by atoms with E-state index in [-0.39, 0.29) is 11.7 Å². The number of thioether (sulfide) groups is 1. The summed E-state index contributed by atoms with van der Waals surface area (Å²) in [6, 6.07) is 18.8. The van der Waals surface area contributed by atoms with Crippen LogP contribution in [0, 0.1) is 0 Å². The van der Waals surface area contributed by atoms with Gasteiger partial charge in [-0.05, 0) is 43.3 Å². The number of aromatic nitrogens is 3. The minimum atomic E-state index is -0.149. The average molecular weight is 435 g/mol. The lowest BCUT2D eigenvalue weighted by molar-refractivity contribution is -0.113. The van der Waals surface area contributed by atoms with E-state index in [4.69, 9.17) is 14.5 Å². The monoisotopic (exact) mass is 434 g/mol. The molecule has 0 radical (unpaired) electrons. The second-order valence-corrected chi connectivity index (χ2v) is 7.46. The first-order valence-electron chi connectivity index (χ1n) is 9.82. The number of hydrogen-bond donors (Lipinski definition) is 1. The molecule has 2 aromatic heterocycles. The highest BCUT2D eigenvalue weighted by atomic mass is 32.2. The summed E-state index contributed by atoms with van der Waals surface area (Å²) in [5, 5.41) is 3.58. The van der Waals surface area contributed by atoms with Crippen LogP contribution >= 0.6 is 11.8 Å². The SMILES string of the molecule is CCOc1ccccc1NC(=O)CSc1nc2cccnc2n1-c1ccccc1OC. The van der Waals surface area contributed by atoms with Gasteiger partial charge < -0.3 is 14.8 Å². The largest absolute Gasteiger partial charge is 0.495 e. The molecule has 0 spiro atoms. The summed E-state index contributed by atoms with van der Waals surface area (Å²) in [5.41, 5.74) is 2.92. The number of rotatable bonds is 8. The summed E-state index contributed by atoms with van der Waals surface area (Å²) < 4.78 is 13.0. The number of imidazole rings is 1. The van der Waals surface area contributed by atoms with Gasteiger partial charge in [0.1, 0.15) is 17.0 Å². The molecule has 0 aliphatic carbocycles. The van der Waals surface area contributed by atoms with E-state index < -0.39 is 0 Å². The third kappa shape index (κ3) is 4.49. The van der Waals surface area contributed by atoms with Crippen LogP contribution in [0.3, 0.4) is 0 Å². The normalized spacial score (nSPS) is 10.8. The van der Waals surface area contributed by atoms with Crippen LogP contribution in [0.25, 0.3) is 16.9 Å². The lowest BCUT2D eigenvalue weighted by Crippen LogP contribution is -2.15. The van der Waals surface area contributed by atoms with Crippen LogP contribution in [0.15, 0.2) is 72.0 Å². The van der Waals surface area contributed by atoms with E-state index in [9.17, 15) is 4.79 Å². The van der Waals surface area contributed by atoms with Crippen molar-refractivity contribution in [3.8, 4) is 17.2 Å². The van der Waals surface area contributed by atoms with Crippen molar-refractivity contribution in [3.63, 3.8) is 0 Å². The Bertz CT molecular complexity index is 1210. The second-order valence-electron chi connectivity index (χ2n) is 6.51. The zero-order chi connectivity index (χ0) is 21.6. The van der Waals surface area contributed by atoms with Gasteiger partial charge in [-0.25, -0.2) is 9.97 Å². The van der Waals surface area contributed by atoms with E-state index in [1.807, 2.05) is 72.2 Å². The Morgan fingerprint density at radius 2 is 1.84 bits per heavy atom. The number of nitrogens with zero attached hydrogens (tertiary/aromatic N) is 3. The number of benzene rings is 2. The maximum atomic E-state index is 12.7. The first kappa shape index (κ1) is 20.7. The van der Waals surface area contributed by atoms with Gasteiger partial charge in [0, 0.05) is 6.20 Å². The van der Waals surface area contributed by atoms with Crippen LogP contribution < -0.4 is 14.8 Å². The predicted molar refractivity (Wildman–Crippen MR) is 122 cm³/mol. The molecule has 0 saturated heterocycles.